The Morgan fingerprint density at radius 2 is 1.79 bits per heavy atom. The summed E-state index contributed by atoms with van der Waals surface area (Å²) < 4.78 is 4.26. The predicted octanol–water partition coefficient (Wildman–Crippen LogP) is 3.76. The van der Waals surface area contributed by atoms with Gasteiger partial charge in [-0.25, -0.2) is 9.67 Å². The fourth-order valence-electron chi connectivity index (χ4n) is 4.01. The van der Waals surface area contributed by atoms with E-state index in [0.29, 0.717) is 0 Å². The largest absolute Gasteiger partial charge is 0.325 e. The first-order chi connectivity index (χ1) is 14.2. The Bertz CT molecular complexity index is 1140. The number of fused-ring (bicyclic) bond motifs is 1. The third-order valence-electron chi connectivity index (χ3n) is 5.48. The Kier molecular flexibility index (Phi) is 4.48. The molecule has 0 unspecified atom stereocenters. The SMILES string of the molecule is Cc1cccc(CN2CCn3c(-c4cnn(-c5ccccc5)c4)nc(C)c3C2)n1. The van der Waals surface area contributed by atoms with Crippen molar-refractivity contribution in [3.8, 4) is 17.1 Å². The maximum absolute atomic E-state index is 4.89. The van der Waals surface area contributed by atoms with Crippen LogP contribution >= 0.6 is 0 Å². The molecule has 5 rings (SSSR count). The van der Waals surface area contributed by atoms with E-state index in [2.05, 4.69) is 56.9 Å². The number of para-hydroxylation sites is 1. The molecule has 4 heterocycles. The summed E-state index contributed by atoms with van der Waals surface area (Å²) in [6, 6.07) is 16.4. The van der Waals surface area contributed by atoms with Crippen LogP contribution in [0, 0.1) is 13.8 Å². The first-order valence-electron chi connectivity index (χ1n) is 9.99. The molecule has 0 saturated heterocycles. The second kappa shape index (κ2) is 7.29. The van der Waals surface area contributed by atoms with E-state index >= 15 is 0 Å². The molecule has 3 aromatic heterocycles. The quantitative estimate of drug-likeness (QED) is 0.538. The van der Waals surface area contributed by atoms with Crippen molar-refractivity contribution in [3.05, 3.63) is 83.7 Å². The maximum Gasteiger partial charge on any atom is 0.143 e. The highest BCUT2D eigenvalue weighted by Gasteiger charge is 2.24. The molecule has 1 aliphatic rings. The summed E-state index contributed by atoms with van der Waals surface area (Å²) in [5, 5.41) is 4.54. The zero-order chi connectivity index (χ0) is 19.8. The van der Waals surface area contributed by atoms with Crippen LogP contribution in [0.4, 0.5) is 0 Å². The molecule has 146 valence electrons. The highest BCUT2D eigenvalue weighted by Crippen LogP contribution is 2.27. The highest BCUT2D eigenvalue weighted by molar-refractivity contribution is 5.56. The highest BCUT2D eigenvalue weighted by atomic mass is 15.3. The van der Waals surface area contributed by atoms with Gasteiger partial charge in [0.2, 0.25) is 0 Å². The zero-order valence-corrected chi connectivity index (χ0v) is 16.8. The second-order valence-electron chi connectivity index (χ2n) is 7.61. The first kappa shape index (κ1) is 17.8. The van der Waals surface area contributed by atoms with Gasteiger partial charge in [-0.2, -0.15) is 5.10 Å². The number of hydrogen-bond acceptors (Lipinski definition) is 4. The fraction of sp³-hybridized carbons (Fsp3) is 0.261. The van der Waals surface area contributed by atoms with Crippen LogP contribution in [0.2, 0.25) is 0 Å². The molecule has 0 fully saturated rings. The van der Waals surface area contributed by atoms with Crippen molar-refractivity contribution in [1.29, 1.82) is 0 Å². The molecule has 6 heteroatoms. The van der Waals surface area contributed by atoms with Crippen LogP contribution in [0.5, 0.6) is 0 Å². The summed E-state index contributed by atoms with van der Waals surface area (Å²) >= 11 is 0. The van der Waals surface area contributed by atoms with Crippen molar-refractivity contribution in [2.75, 3.05) is 6.54 Å². The minimum absolute atomic E-state index is 0.869. The molecular weight excluding hydrogens is 360 g/mol. The molecule has 0 atom stereocenters. The molecule has 0 aliphatic carbocycles. The topological polar surface area (TPSA) is 51.8 Å². The first-order valence-corrected chi connectivity index (χ1v) is 9.99. The number of nitrogens with zero attached hydrogens (tertiary/aromatic N) is 6. The summed E-state index contributed by atoms with van der Waals surface area (Å²) in [6.07, 6.45) is 3.97. The van der Waals surface area contributed by atoms with Crippen LogP contribution in [0.25, 0.3) is 17.1 Å². The number of aryl methyl sites for hydroxylation is 2. The Morgan fingerprint density at radius 3 is 2.62 bits per heavy atom. The van der Waals surface area contributed by atoms with Crippen molar-refractivity contribution in [2.45, 2.75) is 33.5 Å². The van der Waals surface area contributed by atoms with E-state index in [0.717, 1.165) is 60.3 Å². The summed E-state index contributed by atoms with van der Waals surface area (Å²) in [7, 11) is 0. The van der Waals surface area contributed by atoms with Crippen LogP contribution < -0.4 is 0 Å². The number of pyridine rings is 1. The van der Waals surface area contributed by atoms with E-state index in [-0.39, 0.29) is 0 Å². The molecule has 0 amide bonds. The number of aromatic nitrogens is 5. The van der Waals surface area contributed by atoms with Gasteiger partial charge in [0.15, 0.2) is 0 Å². The molecule has 29 heavy (non-hydrogen) atoms. The lowest BCUT2D eigenvalue weighted by Crippen LogP contribution is -2.33. The molecule has 0 saturated carbocycles. The van der Waals surface area contributed by atoms with Gasteiger partial charge >= 0.3 is 0 Å². The second-order valence-corrected chi connectivity index (χ2v) is 7.61. The fourth-order valence-corrected chi connectivity index (χ4v) is 4.01. The zero-order valence-electron chi connectivity index (χ0n) is 16.8. The summed E-state index contributed by atoms with van der Waals surface area (Å²) in [4.78, 5) is 12.0. The Balaban J connectivity index is 1.40. The Morgan fingerprint density at radius 1 is 0.931 bits per heavy atom. The van der Waals surface area contributed by atoms with Crippen molar-refractivity contribution in [3.63, 3.8) is 0 Å². The molecule has 0 spiro atoms. The van der Waals surface area contributed by atoms with E-state index in [4.69, 9.17) is 4.98 Å². The van der Waals surface area contributed by atoms with E-state index in [1.165, 1.54) is 5.69 Å². The van der Waals surface area contributed by atoms with E-state index in [1.54, 1.807) is 0 Å². The smallest absolute Gasteiger partial charge is 0.143 e. The third kappa shape index (κ3) is 3.47. The van der Waals surface area contributed by atoms with Crippen LogP contribution in [0.1, 0.15) is 22.8 Å². The van der Waals surface area contributed by atoms with E-state index in [9.17, 15) is 0 Å². The maximum atomic E-state index is 4.89. The van der Waals surface area contributed by atoms with Crippen LogP contribution in [-0.2, 0) is 19.6 Å². The molecule has 4 aromatic rings. The van der Waals surface area contributed by atoms with E-state index < -0.39 is 0 Å². The minimum atomic E-state index is 0.869. The average molecular weight is 384 g/mol. The van der Waals surface area contributed by atoms with E-state index in [1.807, 2.05) is 42.1 Å². The van der Waals surface area contributed by atoms with Gasteiger partial charge in [0.25, 0.3) is 0 Å². The van der Waals surface area contributed by atoms with Gasteiger partial charge in [-0.3, -0.25) is 9.88 Å². The van der Waals surface area contributed by atoms with Gasteiger partial charge in [0.05, 0.1) is 34.5 Å². The third-order valence-corrected chi connectivity index (χ3v) is 5.48. The van der Waals surface area contributed by atoms with Gasteiger partial charge < -0.3 is 4.57 Å². The van der Waals surface area contributed by atoms with Gasteiger partial charge in [-0.05, 0) is 38.1 Å². The number of imidazole rings is 1. The van der Waals surface area contributed by atoms with Gasteiger partial charge in [-0.15, -0.1) is 0 Å². The lowest BCUT2D eigenvalue weighted by atomic mass is 10.2. The normalized spacial score (nSPS) is 14.1. The van der Waals surface area contributed by atoms with Gasteiger partial charge in [0, 0.05) is 38.1 Å². The number of rotatable bonds is 4. The molecular formula is C23H24N6. The van der Waals surface area contributed by atoms with Gasteiger partial charge in [0.1, 0.15) is 5.82 Å². The Hall–Kier alpha value is -3.25. The lowest BCUT2D eigenvalue weighted by molar-refractivity contribution is 0.211. The van der Waals surface area contributed by atoms with Crippen LogP contribution in [0.3, 0.4) is 0 Å². The van der Waals surface area contributed by atoms with Crippen molar-refractivity contribution in [2.24, 2.45) is 0 Å². The monoisotopic (exact) mass is 384 g/mol. The molecule has 0 N–H and O–H groups in total. The van der Waals surface area contributed by atoms with Gasteiger partial charge in [-0.1, -0.05) is 24.3 Å². The van der Waals surface area contributed by atoms with Crippen molar-refractivity contribution >= 4 is 0 Å². The van der Waals surface area contributed by atoms with Crippen molar-refractivity contribution in [1.82, 2.24) is 29.2 Å². The summed E-state index contributed by atoms with van der Waals surface area (Å²) in [5.74, 6) is 1.01. The molecule has 6 nitrogen and oxygen atoms in total. The molecule has 1 aromatic carbocycles. The molecule has 1 aliphatic heterocycles. The summed E-state index contributed by atoms with van der Waals surface area (Å²) in [6.45, 7) is 7.81. The molecule has 0 radical (unpaired) electrons. The van der Waals surface area contributed by atoms with Crippen molar-refractivity contribution < 1.29 is 0 Å². The summed E-state index contributed by atoms with van der Waals surface area (Å²) in [5.41, 5.74) is 6.67. The Labute approximate surface area is 170 Å². The predicted molar refractivity (Wildman–Crippen MR) is 113 cm³/mol. The van der Waals surface area contributed by atoms with Crippen LogP contribution in [-0.4, -0.2) is 35.8 Å². The minimum Gasteiger partial charge on any atom is -0.325 e. The number of hydrogen-bond donors (Lipinski definition) is 0. The van der Waals surface area contributed by atoms with Crippen LogP contribution in [0.15, 0.2) is 60.9 Å². The average Bonchev–Trinajstić information content (AvgIpc) is 3.34. The standard InChI is InChI=1S/C23H24N6/c1-17-7-6-8-20(25-17)15-27-11-12-28-22(16-27)18(2)26-23(28)19-13-24-29(14-19)21-9-4-3-5-10-21/h3-10,13-14H,11-12,15-16H2,1-2H3. The lowest BCUT2D eigenvalue weighted by Gasteiger charge is -2.29. The molecule has 0 bridgehead atoms. The number of benzene rings is 1.